The number of hydrogen-bond donors (Lipinski definition) is 0. The number of ether oxygens (including phenoxy) is 1. The summed E-state index contributed by atoms with van der Waals surface area (Å²) in [5.41, 5.74) is 3.31. The van der Waals surface area contributed by atoms with Crippen LogP contribution in [0.4, 0.5) is 5.95 Å². The summed E-state index contributed by atoms with van der Waals surface area (Å²) >= 11 is 0. The third-order valence-electron chi connectivity index (χ3n) is 4.20. The zero-order chi connectivity index (χ0) is 17.8. The average molecular weight is 336 g/mol. The molecule has 5 heteroatoms. The van der Waals surface area contributed by atoms with Crippen LogP contribution >= 0.6 is 0 Å². The highest BCUT2D eigenvalue weighted by molar-refractivity contribution is 5.58. The van der Waals surface area contributed by atoms with Crippen molar-refractivity contribution in [3.63, 3.8) is 0 Å². The minimum atomic E-state index is 0.0414. The van der Waals surface area contributed by atoms with Crippen LogP contribution in [-0.2, 0) is 11.3 Å². The molecule has 5 nitrogen and oxygen atoms in total. The van der Waals surface area contributed by atoms with Gasteiger partial charge in [-0.25, -0.2) is 4.68 Å². The van der Waals surface area contributed by atoms with Gasteiger partial charge in [-0.3, -0.25) is 0 Å². The summed E-state index contributed by atoms with van der Waals surface area (Å²) in [6, 6.07) is 18.5. The van der Waals surface area contributed by atoms with E-state index in [9.17, 15) is 0 Å². The van der Waals surface area contributed by atoms with Crippen molar-refractivity contribution in [3.05, 3.63) is 65.7 Å². The molecule has 0 radical (unpaired) electrons. The van der Waals surface area contributed by atoms with Crippen LogP contribution in [0.15, 0.2) is 54.6 Å². The summed E-state index contributed by atoms with van der Waals surface area (Å²) < 4.78 is 7.36. The lowest BCUT2D eigenvalue weighted by molar-refractivity contribution is 0.119. The number of anilines is 1. The van der Waals surface area contributed by atoms with Gasteiger partial charge in [0.1, 0.15) is 0 Å². The highest BCUT2D eigenvalue weighted by Crippen LogP contribution is 2.24. The molecular formula is C20H24N4O. The van der Waals surface area contributed by atoms with Crippen molar-refractivity contribution in [1.82, 2.24) is 14.8 Å². The Hall–Kier alpha value is -2.66. The first kappa shape index (κ1) is 17.2. The van der Waals surface area contributed by atoms with Crippen molar-refractivity contribution in [3.8, 4) is 11.4 Å². The third kappa shape index (κ3) is 3.88. The average Bonchev–Trinajstić information content (AvgIpc) is 3.06. The normalized spacial score (nSPS) is 12.2. The molecule has 130 valence electrons. The fourth-order valence-electron chi connectivity index (χ4n) is 2.72. The van der Waals surface area contributed by atoms with E-state index in [0.717, 1.165) is 22.9 Å². The molecule has 0 aliphatic rings. The molecule has 1 aromatic heterocycles. The molecule has 25 heavy (non-hydrogen) atoms. The molecule has 0 fully saturated rings. The maximum absolute atomic E-state index is 5.42. The van der Waals surface area contributed by atoms with Gasteiger partial charge >= 0.3 is 0 Å². The van der Waals surface area contributed by atoms with Crippen LogP contribution in [0.3, 0.4) is 0 Å². The topological polar surface area (TPSA) is 43.2 Å². The minimum absolute atomic E-state index is 0.0414. The van der Waals surface area contributed by atoms with Gasteiger partial charge in [0.15, 0.2) is 5.82 Å². The molecule has 3 rings (SSSR count). The Labute approximate surface area is 148 Å². The lowest BCUT2D eigenvalue weighted by Gasteiger charge is -2.12. The van der Waals surface area contributed by atoms with Gasteiger partial charge in [-0.1, -0.05) is 48.5 Å². The first-order valence-corrected chi connectivity index (χ1v) is 8.37. The van der Waals surface area contributed by atoms with Crippen LogP contribution in [-0.4, -0.2) is 36.0 Å². The van der Waals surface area contributed by atoms with Crippen molar-refractivity contribution in [2.45, 2.75) is 19.6 Å². The highest BCUT2D eigenvalue weighted by Gasteiger charge is 2.15. The van der Waals surface area contributed by atoms with Gasteiger partial charge in [-0.2, -0.15) is 4.98 Å². The molecule has 3 aromatic rings. The van der Waals surface area contributed by atoms with E-state index in [1.165, 1.54) is 5.56 Å². The smallest absolute Gasteiger partial charge is 0.224 e. The molecule has 0 amide bonds. The fraction of sp³-hybridized carbons (Fsp3) is 0.300. The number of benzene rings is 2. The van der Waals surface area contributed by atoms with E-state index in [1.807, 2.05) is 60.9 Å². The Morgan fingerprint density at radius 3 is 2.52 bits per heavy atom. The van der Waals surface area contributed by atoms with Crippen LogP contribution < -0.4 is 4.90 Å². The van der Waals surface area contributed by atoms with E-state index in [4.69, 9.17) is 14.8 Å². The second-order valence-corrected chi connectivity index (χ2v) is 6.28. The lowest BCUT2D eigenvalue weighted by atomic mass is 10.1. The van der Waals surface area contributed by atoms with Crippen LogP contribution in [0, 0.1) is 0 Å². The third-order valence-corrected chi connectivity index (χ3v) is 4.20. The van der Waals surface area contributed by atoms with Gasteiger partial charge in [-0.05, 0) is 24.1 Å². The van der Waals surface area contributed by atoms with Crippen LogP contribution in [0.25, 0.3) is 11.4 Å². The van der Waals surface area contributed by atoms with Gasteiger partial charge in [0.2, 0.25) is 5.95 Å². The molecule has 0 bridgehead atoms. The van der Waals surface area contributed by atoms with E-state index >= 15 is 0 Å². The summed E-state index contributed by atoms with van der Waals surface area (Å²) in [6.45, 7) is 2.72. The Morgan fingerprint density at radius 1 is 1.08 bits per heavy atom. The van der Waals surface area contributed by atoms with Gasteiger partial charge in [0.05, 0.1) is 12.6 Å². The fourth-order valence-corrected chi connectivity index (χ4v) is 2.72. The van der Waals surface area contributed by atoms with Crippen LogP contribution in [0.5, 0.6) is 0 Å². The van der Waals surface area contributed by atoms with Gasteiger partial charge < -0.3 is 9.64 Å². The zero-order valence-corrected chi connectivity index (χ0v) is 15.2. The number of nitrogens with zero attached hydrogens (tertiary/aromatic N) is 4. The lowest BCUT2D eigenvalue weighted by Crippen LogP contribution is -2.16. The van der Waals surface area contributed by atoms with Gasteiger partial charge in [0.25, 0.3) is 0 Å². The molecular weight excluding hydrogens is 312 g/mol. The monoisotopic (exact) mass is 336 g/mol. The first-order valence-electron chi connectivity index (χ1n) is 8.37. The van der Waals surface area contributed by atoms with Gasteiger partial charge in [-0.15, -0.1) is 5.10 Å². The van der Waals surface area contributed by atoms with Crippen molar-refractivity contribution in [1.29, 1.82) is 0 Å². The Morgan fingerprint density at radius 2 is 1.84 bits per heavy atom. The van der Waals surface area contributed by atoms with E-state index in [-0.39, 0.29) is 6.10 Å². The maximum atomic E-state index is 5.42. The molecule has 0 N–H and O–H groups in total. The molecule has 0 saturated carbocycles. The summed E-state index contributed by atoms with van der Waals surface area (Å²) in [5.74, 6) is 1.56. The summed E-state index contributed by atoms with van der Waals surface area (Å²) in [4.78, 5) is 6.73. The largest absolute Gasteiger partial charge is 0.377 e. The molecule has 0 aliphatic carbocycles. The Kier molecular flexibility index (Phi) is 5.14. The van der Waals surface area contributed by atoms with E-state index in [0.29, 0.717) is 6.54 Å². The number of methoxy groups -OCH3 is 1. The second kappa shape index (κ2) is 7.49. The van der Waals surface area contributed by atoms with E-state index < -0.39 is 0 Å². The van der Waals surface area contributed by atoms with Crippen LogP contribution in [0.2, 0.25) is 0 Å². The van der Waals surface area contributed by atoms with Crippen molar-refractivity contribution in [2.75, 3.05) is 26.1 Å². The Balaban J connectivity index is 1.96. The maximum Gasteiger partial charge on any atom is 0.224 e. The summed E-state index contributed by atoms with van der Waals surface area (Å²) in [6.07, 6.45) is 0.0414. The number of rotatable bonds is 6. The van der Waals surface area contributed by atoms with Crippen LogP contribution in [0.1, 0.15) is 24.2 Å². The molecule has 0 spiro atoms. The molecule has 2 aromatic carbocycles. The predicted octanol–water partition coefficient (Wildman–Crippen LogP) is 3.77. The zero-order valence-electron chi connectivity index (χ0n) is 15.2. The van der Waals surface area contributed by atoms with E-state index in [2.05, 4.69) is 24.3 Å². The Bertz CT molecular complexity index is 827. The standard InChI is InChI=1S/C20H24N4O/c1-15(25-4)17-11-8-12-18(13-17)19-21-20(23(2)3)24(22-19)14-16-9-6-5-7-10-16/h5-13,15H,14H2,1-4H3. The highest BCUT2D eigenvalue weighted by atomic mass is 16.5. The molecule has 0 saturated heterocycles. The second-order valence-electron chi connectivity index (χ2n) is 6.28. The van der Waals surface area contributed by atoms with Crippen molar-refractivity contribution in [2.24, 2.45) is 0 Å². The summed E-state index contributed by atoms with van der Waals surface area (Å²) in [7, 11) is 5.69. The molecule has 0 aliphatic heterocycles. The molecule has 1 unspecified atom stereocenters. The number of aromatic nitrogens is 3. The predicted molar refractivity (Wildman–Crippen MR) is 101 cm³/mol. The minimum Gasteiger partial charge on any atom is -0.377 e. The molecule has 1 atom stereocenters. The SMILES string of the molecule is COC(C)c1cccc(-c2nc(N(C)C)n(Cc3ccccc3)n2)c1. The first-order chi connectivity index (χ1) is 12.1. The van der Waals surface area contributed by atoms with Gasteiger partial charge in [0, 0.05) is 26.8 Å². The number of hydrogen-bond acceptors (Lipinski definition) is 4. The van der Waals surface area contributed by atoms with Crippen molar-refractivity contribution < 1.29 is 4.74 Å². The van der Waals surface area contributed by atoms with Crippen molar-refractivity contribution >= 4 is 5.95 Å². The van der Waals surface area contributed by atoms with E-state index in [1.54, 1.807) is 7.11 Å². The quantitative estimate of drug-likeness (QED) is 0.687. The summed E-state index contributed by atoms with van der Waals surface area (Å²) in [5, 5.41) is 4.75. The molecule has 1 heterocycles.